The van der Waals surface area contributed by atoms with Gasteiger partial charge in [-0.15, -0.1) is 0 Å². The summed E-state index contributed by atoms with van der Waals surface area (Å²) in [4.78, 5) is 12.3. The summed E-state index contributed by atoms with van der Waals surface area (Å²) in [6.07, 6.45) is 8.35. The zero-order chi connectivity index (χ0) is 15.2. The minimum absolute atomic E-state index is 0.144. The van der Waals surface area contributed by atoms with Crippen LogP contribution in [0.5, 0.6) is 0 Å². The molecule has 1 aliphatic rings. The van der Waals surface area contributed by atoms with Crippen LogP contribution in [0.3, 0.4) is 0 Å². The van der Waals surface area contributed by atoms with Crippen molar-refractivity contribution < 1.29 is 4.79 Å². The second-order valence-electron chi connectivity index (χ2n) is 6.09. The van der Waals surface area contributed by atoms with Crippen LogP contribution in [0.25, 0.3) is 0 Å². The molecule has 1 aromatic rings. The van der Waals surface area contributed by atoms with Gasteiger partial charge in [-0.2, -0.15) is 0 Å². The molecule has 0 unspecified atom stereocenters. The summed E-state index contributed by atoms with van der Waals surface area (Å²) >= 11 is 3.36. The molecule has 0 aliphatic heterocycles. The predicted molar refractivity (Wildman–Crippen MR) is 92.2 cm³/mol. The van der Waals surface area contributed by atoms with Gasteiger partial charge in [0.1, 0.15) is 0 Å². The van der Waals surface area contributed by atoms with Crippen LogP contribution >= 0.6 is 15.9 Å². The van der Waals surface area contributed by atoms with Crippen molar-refractivity contribution in [1.82, 2.24) is 0 Å². The van der Waals surface area contributed by atoms with Crippen LogP contribution in [-0.2, 0) is 4.79 Å². The van der Waals surface area contributed by atoms with Crippen molar-refractivity contribution in [2.24, 2.45) is 11.8 Å². The zero-order valence-corrected chi connectivity index (χ0v) is 14.3. The molecule has 3 N–H and O–H groups in total. The minimum atomic E-state index is 0.144. The Bertz CT molecular complexity index is 482. The Balaban J connectivity index is 1.83. The molecular weight excluding hydrogens is 328 g/mol. The molecule has 1 aliphatic carbocycles. The Morgan fingerprint density at radius 3 is 2.67 bits per heavy atom. The van der Waals surface area contributed by atoms with E-state index >= 15 is 0 Å². The van der Waals surface area contributed by atoms with Crippen molar-refractivity contribution in [3.05, 3.63) is 22.7 Å². The maximum absolute atomic E-state index is 12.3. The Kier molecular flexibility index (Phi) is 6.09. The fraction of sp³-hybridized carbons (Fsp3) is 0.588. The van der Waals surface area contributed by atoms with Crippen molar-refractivity contribution in [3.8, 4) is 0 Å². The van der Waals surface area contributed by atoms with Gasteiger partial charge in [0.15, 0.2) is 0 Å². The highest BCUT2D eigenvalue weighted by Crippen LogP contribution is 2.33. The van der Waals surface area contributed by atoms with Crippen molar-refractivity contribution in [2.45, 2.75) is 51.9 Å². The van der Waals surface area contributed by atoms with Gasteiger partial charge in [-0.25, -0.2) is 0 Å². The van der Waals surface area contributed by atoms with Gasteiger partial charge in [-0.1, -0.05) is 26.2 Å². The monoisotopic (exact) mass is 352 g/mol. The third kappa shape index (κ3) is 4.73. The Morgan fingerprint density at radius 1 is 1.33 bits per heavy atom. The van der Waals surface area contributed by atoms with Gasteiger partial charge in [0, 0.05) is 21.8 Å². The number of nitrogen functional groups attached to an aromatic ring is 1. The first-order valence-electron chi connectivity index (χ1n) is 7.96. The van der Waals surface area contributed by atoms with Gasteiger partial charge in [-0.05, 0) is 65.7 Å². The lowest BCUT2D eigenvalue weighted by Crippen LogP contribution is -2.27. The van der Waals surface area contributed by atoms with Crippen LogP contribution in [0, 0.1) is 11.8 Å². The van der Waals surface area contributed by atoms with Gasteiger partial charge in [-0.3, -0.25) is 4.79 Å². The van der Waals surface area contributed by atoms with E-state index in [0.717, 1.165) is 28.9 Å². The number of carbonyl (C=O) groups excluding carboxylic acids is 1. The summed E-state index contributed by atoms with van der Waals surface area (Å²) in [7, 11) is 0. The van der Waals surface area contributed by atoms with Crippen LogP contribution in [0.1, 0.15) is 51.9 Å². The van der Waals surface area contributed by atoms with Crippen LogP contribution in [0.15, 0.2) is 22.7 Å². The van der Waals surface area contributed by atoms with Gasteiger partial charge < -0.3 is 11.1 Å². The predicted octanol–water partition coefficient (Wildman–Crippen LogP) is 4.97. The molecule has 0 radical (unpaired) electrons. The third-order valence-corrected chi connectivity index (χ3v) is 5.17. The number of rotatable bonds is 5. The summed E-state index contributed by atoms with van der Waals surface area (Å²) in [6.45, 7) is 2.24. The van der Waals surface area contributed by atoms with E-state index in [0.29, 0.717) is 5.69 Å². The fourth-order valence-corrected chi connectivity index (χ4v) is 3.32. The highest BCUT2D eigenvalue weighted by Gasteiger charge is 2.26. The summed E-state index contributed by atoms with van der Waals surface area (Å²) in [5.74, 6) is 1.13. The molecule has 1 saturated carbocycles. The standard InChI is InChI=1S/C17H25BrN2O/c1-2-3-4-12-5-7-13(8-6-12)17(21)20-14-9-10-15(18)16(19)11-14/h9-13H,2-8,19H2,1H3,(H,20,21). The maximum atomic E-state index is 12.3. The van der Waals surface area contributed by atoms with Gasteiger partial charge >= 0.3 is 0 Å². The minimum Gasteiger partial charge on any atom is -0.398 e. The van der Waals surface area contributed by atoms with E-state index in [-0.39, 0.29) is 11.8 Å². The largest absolute Gasteiger partial charge is 0.398 e. The number of anilines is 2. The molecule has 3 nitrogen and oxygen atoms in total. The van der Waals surface area contributed by atoms with Gasteiger partial charge in [0.2, 0.25) is 5.91 Å². The molecule has 0 bridgehead atoms. The SMILES string of the molecule is CCCCC1CCC(C(=O)Nc2ccc(Br)c(N)c2)CC1. The Hall–Kier alpha value is -1.03. The highest BCUT2D eigenvalue weighted by molar-refractivity contribution is 9.10. The molecule has 1 aromatic carbocycles. The van der Waals surface area contributed by atoms with Crippen LogP contribution in [-0.4, -0.2) is 5.91 Å². The van der Waals surface area contributed by atoms with Crippen molar-refractivity contribution in [1.29, 1.82) is 0 Å². The molecule has 1 amide bonds. The third-order valence-electron chi connectivity index (χ3n) is 4.45. The van der Waals surface area contributed by atoms with Gasteiger partial charge in [0.25, 0.3) is 0 Å². The molecule has 0 spiro atoms. The van der Waals surface area contributed by atoms with Crippen molar-refractivity contribution in [2.75, 3.05) is 11.1 Å². The first kappa shape index (κ1) is 16.3. The maximum Gasteiger partial charge on any atom is 0.227 e. The van der Waals surface area contributed by atoms with E-state index in [2.05, 4.69) is 28.2 Å². The number of hydrogen-bond acceptors (Lipinski definition) is 2. The second-order valence-corrected chi connectivity index (χ2v) is 6.94. The molecule has 116 valence electrons. The van der Waals surface area contributed by atoms with E-state index in [1.54, 1.807) is 6.07 Å². The van der Waals surface area contributed by atoms with Crippen LogP contribution < -0.4 is 11.1 Å². The van der Waals surface area contributed by atoms with Crippen molar-refractivity contribution >= 4 is 33.2 Å². The number of unbranched alkanes of at least 4 members (excludes halogenated alkanes) is 1. The molecule has 21 heavy (non-hydrogen) atoms. The molecule has 0 aromatic heterocycles. The fourth-order valence-electron chi connectivity index (χ4n) is 3.07. The molecular formula is C17H25BrN2O. The smallest absolute Gasteiger partial charge is 0.227 e. The molecule has 0 atom stereocenters. The van der Waals surface area contributed by atoms with Crippen LogP contribution in [0.4, 0.5) is 11.4 Å². The lowest BCUT2D eigenvalue weighted by molar-refractivity contribution is -0.121. The first-order valence-corrected chi connectivity index (χ1v) is 8.75. The average Bonchev–Trinajstić information content (AvgIpc) is 2.49. The first-order chi connectivity index (χ1) is 10.1. The molecule has 1 fully saturated rings. The quantitative estimate of drug-likeness (QED) is 0.735. The molecule has 0 saturated heterocycles. The second kappa shape index (κ2) is 7.83. The Labute approximate surface area is 135 Å². The number of carbonyl (C=O) groups is 1. The van der Waals surface area contributed by atoms with E-state index < -0.39 is 0 Å². The zero-order valence-electron chi connectivity index (χ0n) is 12.7. The highest BCUT2D eigenvalue weighted by atomic mass is 79.9. The summed E-state index contributed by atoms with van der Waals surface area (Å²) < 4.78 is 0.858. The number of benzene rings is 1. The lowest BCUT2D eigenvalue weighted by atomic mass is 9.79. The lowest BCUT2D eigenvalue weighted by Gasteiger charge is -2.27. The van der Waals surface area contributed by atoms with Gasteiger partial charge in [0.05, 0.1) is 0 Å². The van der Waals surface area contributed by atoms with Crippen LogP contribution in [0.2, 0.25) is 0 Å². The van der Waals surface area contributed by atoms with Crippen molar-refractivity contribution in [3.63, 3.8) is 0 Å². The summed E-state index contributed by atoms with van der Waals surface area (Å²) in [5.41, 5.74) is 7.28. The number of halogens is 1. The summed E-state index contributed by atoms with van der Waals surface area (Å²) in [5, 5.41) is 3.00. The van der Waals surface area contributed by atoms with E-state index in [9.17, 15) is 4.79 Å². The Morgan fingerprint density at radius 2 is 2.05 bits per heavy atom. The normalized spacial score (nSPS) is 22.0. The van der Waals surface area contributed by atoms with E-state index in [1.165, 1.54) is 32.1 Å². The number of hydrogen-bond donors (Lipinski definition) is 2. The number of amides is 1. The topological polar surface area (TPSA) is 55.1 Å². The summed E-state index contributed by atoms with van der Waals surface area (Å²) in [6, 6.07) is 5.55. The number of nitrogens with two attached hydrogens (primary N) is 1. The van der Waals surface area contributed by atoms with E-state index in [4.69, 9.17) is 5.73 Å². The molecule has 4 heteroatoms. The molecule has 2 rings (SSSR count). The average molecular weight is 353 g/mol. The molecule has 0 heterocycles. The van der Waals surface area contributed by atoms with E-state index in [1.807, 2.05) is 12.1 Å². The number of nitrogens with one attached hydrogen (secondary N) is 1.